The van der Waals surface area contributed by atoms with E-state index < -0.39 is 23.2 Å². The minimum Gasteiger partial charge on any atom is -0.480 e. The molecule has 2 rings (SSSR count). The molecule has 0 bridgehead atoms. The minimum absolute atomic E-state index is 0.0308. The van der Waals surface area contributed by atoms with E-state index >= 15 is 0 Å². The molecule has 0 unspecified atom stereocenters. The van der Waals surface area contributed by atoms with Gasteiger partial charge >= 0.3 is 5.97 Å². The van der Waals surface area contributed by atoms with Crippen molar-refractivity contribution < 1.29 is 19.1 Å². The van der Waals surface area contributed by atoms with E-state index in [9.17, 15) is 14.0 Å². The summed E-state index contributed by atoms with van der Waals surface area (Å²) >= 11 is 5.78. The van der Waals surface area contributed by atoms with Crippen LogP contribution in [0.1, 0.15) is 28.8 Å². The number of carbonyl (C=O) groups is 2. The number of carboxylic acid groups (broad SMARTS) is 1. The Kier molecular flexibility index (Phi) is 3.02. The molecule has 0 heterocycles. The molecule has 1 aromatic rings. The van der Waals surface area contributed by atoms with Crippen LogP contribution in [-0.2, 0) is 4.79 Å². The summed E-state index contributed by atoms with van der Waals surface area (Å²) in [5.74, 6) is -2.16. The average Bonchev–Trinajstić information content (AvgIpc) is 3.04. The second kappa shape index (κ2) is 4.24. The number of aliphatic carboxylic acids is 1. The van der Waals surface area contributed by atoms with E-state index in [4.69, 9.17) is 16.7 Å². The third kappa shape index (κ3) is 2.18. The lowest BCUT2D eigenvalue weighted by Gasteiger charge is -2.13. The second-order valence-corrected chi connectivity index (χ2v) is 4.83. The third-order valence-corrected chi connectivity index (χ3v) is 3.32. The van der Waals surface area contributed by atoms with E-state index in [1.807, 2.05) is 0 Å². The molecule has 96 valence electrons. The molecule has 1 aliphatic carbocycles. The molecule has 2 N–H and O–H groups in total. The topological polar surface area (TPSA) is 66.4 Å². The first-order valence-electron chi connectivity index (χ1n) is 5.37. The fourth-order valence-electron chi connectivity index (χ4n) is 1.63. The molecular weight excluding hydrogens is 261 g/mol. The highest BCUT2D eigenvalue weighted by Crippen LogP contribution is 2.36. The summed E-state index contributed by atoms with van der Waals surface area (Å²) in [6, 6.07) is 2.36. The van der Waals surface area contributed by atoms with Gasteiger partial charge in [0.25, 0.3) is 5.91 Å². The number of halogens is 2. The van der Waals surface area contributed by atoms with Crippen molar-refractivity contribution in [3.05, 3.63) is 34.1 Å². The van der Waals surface area contributed by atoms with Crippen LogP contribution in [0.15, 0.2) is 12.1 Å². The quantitative estimate of drug-likeness (QED) is 0.885. The average molecular weight is 272 g/mol. The number of benzene rings is 1. The number of aryl methyl sites for hydroxylation is 1. The third-order valence-electron chi connectivity index (χ3n) is 3.01. The molecule has 0 aliphatic heterocycles. The van der Waals surface area contributed by atoms with Crippen LogP contribution in [0.3, 0.4) is 0 Å². The zero-order valence-electron chi connectivity index (χ0n) is 9.59. The van der Waals surface area contributed by atoms with Crippen molar-refractivity contribution in [3.63, 3.8) is 0 Å². The maximum Gasteiger partial charge on any atom is 0.329 e. The fourth-order valence-corrected chi connectivity index (χ4v) is 1.87. The lowest BCUT2D eigenvalue weighted by atomic mass is 10.1. The number of hydrogen-bond donors (Lipinski definition) is 2. The summed E-state index contributed by atoms with van der Waals surface area (Å²) < 4.78 is 13.2. The molecule has 0 saturated heterocycles. The van der Waals surface area contributed by atoms with Gasteiger partial charge in [0, 0.05) is 0 Å². The second-order valence-electron chi connectivity index (χ2n) is 4.42. The Morgan fingerprint density at radius 3 is 2.56 bits per heavy atom. The molecule has 0 aromatic heterocycles. The summed E-state index contributed by atoms with van der Waals surface area (Å²) in [6.45, 7) is 1.51. The van der Waals surface area contributed by atoms with Gasteiger partial charge in [-0.05, 0) is 37.5 Å². The SMILES string of the molecule is Cc1cc(C(=O)NC2(C(=O)O)CC2)c(Cl)cc1F. The van der Waals surface area contributed by atoms with Crippen molar-refractivity contribution in [1.29, 1.82) is 0 Å². The number of carboxylic acids is 1. The number of rotatable bonds is 3. The van der Waals surface area contributed by atoms with Crippen LogP contribution < -0.4 is 5.32 Å². The van der Waals surface area contributed by atoms with Crippen molar-refractivity contribution in [2.75, 3.05) is 0 Å². The Hall–Kier alpha value is -1.62. The van der Waals surface area contributed by atoms with E-state index in [0.717, 1.165) is 6.07 Å². The van der Waals surface area contributed by atoms with Gasteiger partial charge in [-0.15, -0.1) is 0 Å². The largest absolute Gasteiger partial charge is 0.480 e. The van der Waals surface area contributed by atoms with E-state index in [2.05, 4.69) is 5.32 Å². The molecule has 6 heteroatoms. The molecule has 0 spiro atoms. The molecule has 0 radical (unpaired) electrons. The molecular formula is C12H11ClFNO3. The fraction of sp³-hybridized carbons (Fsp3) is 0.333. The Morgan fingerprint density at radius 2 is 2.06 bits per heavy atom. The molecule has 4 nitrogen and oxygen atoms in total. The van der Waals surface area contributed by atoms with E-state index in [1.165, 1.54) is 13.0 Å². The molecule has 1 aromatic carbocycles. The van der Waals surface area contributed by atoms with Crippen LogP contribution in [0.25, 0.3) is 0 Å². The van der Waals surface area contributed by atoms with Gasteiger partial charge in [-0.25, -0.2) is 9.18 Å². The van der Waals surface area contributed by atoms with Gasteiger partial charge in [0.2, 0.25) is 0 Å². The molecule has 1 amide bonds. The molecule has 1 aliphatic rings. The van der Waals surface area contributed by atoms with Crippen LogP contribution in [0.4, 0.5) is 4.39 Å². The van der Waals surface area contributed by atoms with E-state index in [0.29, 0.717) is 12.8 Å². The monoisotopic (exact) mass is 271 g/mol. The van der Waals surface area contributed by atoms with Crippen molar-refractivity contribution >= 4 is 23.5 Å². The molecule has 18 heavy (non-hydrogen) atoms. The van der Waals surface area contributed by atoms with Crippen molar-refractivity contribution in [2.45, 2.75) is 25.3 Å². The van der Waals surface area contributed by atoms with Crippen LogP contribution in [0, 0.1) is 12.7 Å². The van der Waals surface area contributed by atoms with E-state index in [1.54, 1.807) is 0 Å². The Balaban J connectivity index is 2.25. The van der Waals surface area contributed by atoms with Crippen LogP contribution >= 0.6 is 11.6 Å². The summed E-state index contributed by atoms with van der Waals surface area (Å²) in [5, 5.41) is 11.4. The van der Waals surface area contributed by atoms with Gasteiger partial charge in [-0.1, -0.05) is 11.6 Å². The number of amides is 1. The van der Waals surface area contributed by atoms with Crippen molar-refractivity contribution in [1.82, 2.24) is 5.32 Å². The van der Waals surface area contributed by atoms with Crippen LogP contribution in [-0.4, -0.2) is 22.5 Å². The lowest BCUT2D eigenvalue weighted by Crippen LogP contribution is -2.43. The van der Waals surface area contributed by atoms with Gasteiger partial charge in [0.05, 0.1) is 10.6 Å². The highest BCUT2D eigenvalue weighted by Gasteiger charge is 2.51. The smallest absolute Gasteiger partial charge is 0.329 e. The van der Waals surface area contributed by atoms with Crippen molar-refractivity contribution in [2.24, 2.45) is 0 Å². The van der Waals surface area contributed by atoms with Gasteiger partial charge < -0.3 is 10.4 Å². The zero-order chi connectivity index (χ0) is 13.5. The van der Waals surface area contributed by atoms with Crippen molar-refractivity contribution in [3.8, 4) is 0 Å². The van der Waals surface area contributed by atoms with E-state index in [-0.39, 0.29) is 16.1 Å². The minimum atomic E-state index is -1.18. The maximum absolute atomic E-state index is 13.2. The van der Waals surface area contributed by atoms with Gasteiger partial charge in [-0.3, -0.25) is 4.79 Å². The standard InChI is InChI=1S/C12H11ClFNO3/c1-6-4-7(8(13)5-9(6)14)10(16)15-12(2-3-12)11(17)18/h4-5H,2-3H2,1H3,(H,15,16)(H,17,18). The zero-order valence-corrected chi connectivity index (χ0v) is 10.3. The molecule has 0 atom stereocenters. The number of hydrogen-bond acceptors (Lipinski definition) is 2. The Morgan fingerprint density at radius 1 is 1.44 bits per heavy atom. The first-order valence-corrected chi connectivity index (χ1v) is 5.75. The molecule has 1 fully saturated rings. The molecule has 1 saturated carbocycles. The van der Waals surface area contributed by atoms with Gasteiger partial charge in [0.15, 0.2) is 0 Å². The van der Waals surface area contributed by atoms with Gasteiger partial charge in [-0.2, -0.15) is 0 Å². The summed E-state index contributed by atoms with van der Waals surface area (Å²) in [6.07, 6.45) is 0.789. The predicted molar refractivity (Wildman–Crippen MR) is 63.2 cm³/mol. The summed E-state index contributed by atoms with van der Waals surface area (Å²) in [7, 11) is 0. The lowest BCUT2D eigenvalue weighted by molar-refractivity contribution is -0.140. The predicted octanol–water partition coefficient (Wildman–Crippen LogP) is 2.13. The van der Waals surface area contributed by atoms with Crippen LogP contribution in [0.2, 0.25) is 5.02 Å². The first-order chi connectivity index (χ1) is 8.35. The van der Waals surface area contributed by atoms with Gasteiger partial charge in [0.1, 0.15) is 11.4 Å². The number of carbonyl (C=O) groups excluding carboxylic acids is 1. The summed E-state index contributed by atoms with van der Waals surface area (Å²) in [4.78, 5) is 22.9. The first kappa shape index (κ1) is 12.8. The maximum atomic E-state index is 13.2. The highest BCUT2D eigenvalue weighted by molar-refractivity contribution is 6.34. The normalized spacial score (nSPS) is 16.2. The van der Waals surface area contributed by atoms with Crippen LogP contribution in [0.5, 0.6) is 0 Å². The summed E-state index contributed by atoms with van der Waals surface area (Å²) in [5.41, 5.74) is -0.810. The Labute approximate surface area is 108 Å². The Bertz CT molecular complexity index is 540. The highest BCUT2D eigenvalue weighted by atomic mass is 35.5. The number of nitrogens with one attached hydrogen (secondary N) is 1.